The molecule has 2 aromatic carbocycles. The van der Waals surface area contributed by atoms with Crippen molar-refractivity contribution in [3.8, 4) is 5.75 Å². The molecule has 0 unspecified atom stereocenters. The summed E-state index contributed by atoms with van der Waals surface area (Å²) >= 11 is 0. The Bertz CT molecular complexity index is 728. The zero-order chi connectivity index (χ0) is 19.6. The molecule has 2 N–H and O–H groups in total. The molecule has 5 nitrogen and oxygen atoms in total. The van der Waals surface area contributed by atoms with Gasteiger partial charge < -0.3 is 15.4 Å². The van der Waals surface area contributed by atoms with Crippen LogP contribution in [-0.4, -0.2) is 50.2 Å². The van der Waals surface area contributed by atoms with E-state index < -0.39 is 0 Å². The number of nitrogens with one attached hydrogen (secondary N) is 2. The van der Waals surface area contributed by atoms with Crippen LogP contribution in [0, 0.1) is 6.92 Å². The van der Waals surface area contributed by atoms with Gasteiger partial charge in [-0.2, -0.15) is 0 Å². The van der Waals surface area contributed by atoms with Crippen molar-refractivity contribution < 1.29 is 4.74 Å². The van der Waals surface area contributed by atoms with E-state index in [9.17, 15) is 0 Å². The first-order chi connectivity index (χ1) is 13.7. The third kappa shape index (κ3) is 8.22. The van der Waals surface area contributed by atoms with Gasteiger partial charge in [-0.15, -0.1) is 24.0 Å². The van der Waals surface area contributed by atoms with Gasteiger partial charge in [0.2, 0.25) is 0 Å². The standard InChI is InChI=1S/C23H32N4O.HI/c1-19-8-10-22(11-9-19)28-17-14-25-23(24-2)26-21-12-15-27(16-13-21)18-20-6-4-3-5-7-20;/h3-11,21H,12-18H2,1-2H3,(H2,24,25,26);1H. The van der Waals surface area contributed by atoms with Crippen LogP contribution >= 0.6 is 24.0 Å². The van der Waals surface area contributed by atoms with E-state index in [2.05, 4.69) is 69.9 Å². The Labute approximate surface area is 192 Å². The second kappa shape index (κ2) is 12.7. The lowest BCUT2D eigenvalue weighted by Crippen LogP contribution is -2.49. The number of halogens is 1. The number of rotatable bonds is 7. The third-order valence-electron chi connectivity index (χ3n) is 5.09. The van der Waals surface area contributed by atoms with E-state index >= 15 is 0 Å². The Kier molecular flexibility index (Phi) is 10.3. The van der Waals surface area contributed by atoms with Gasteiger partial charge in [-0.25, -0.2) is 0 Å². The number of benzene rings is 2. The van der Waals surface area contributed by atoms with Crippen LogP contribution in [0.2, 0.25) is 0 Å². The molecule has 2 aromatic rings. The first-order valence-corrected chi connectivity index (χ1v) is 10.2. The summed E-state index contributed by atoms with van der Waals surface area (Å²) in [6.45, 7) is 6.67. The number of likely N-dealkylation sites (tertiary alicyclic amines) is 1. The molecule has 29 heavy (non-hydrogen) atoms. The quantitative estimate of drug-likeness (QED) is 0.259. The van der Waals surface area contributed by atoms with E-state index in [-0.39, 0.29) is 24.0 Å². The summed E-state index contributed by atoms with van der Waals surface area (Å²) in [6, 6.07) is 19.3. The molecular formula is C23H33IN4O. The van der Waals surface area contributed by atoms with Crippen molar-refractivity contribution in [1.29, 1.82) is 0 Å². The molecule has 0 atom stereocenters. The van der Waals surface area contributed by atoms with E-state index in [1.807, 2.05) is 19.2 Å². The largest absolute Gasteiger partial charge is 0.492 e. The van der Waals surface area contributed by atoms with Gasteiger partial charge in [0.1, 0.15) is 12.4 Å². The molecule has 0 radical (unpaired) electrons. The number of guanidine groups is 1. The van der Waals surface area contributed by atoms with Crippen LogP contribution in [0.4, 0.5) is 0 Å². The maximum Gasteiger partial charge on any atom is 0.191 e. The van der Waals surface area contributed by atoms with Gasteiger partial charge in [0.25, 0.3) is 0 Å². The van der Waals surface area contributed by atoms with Gasteiger partial charge in [-0.3, -0.25) is 9.89 Å². The predicted molar refractivity (Wildman–Crippen MR) is 131 cm³/mol. The predicted octanol–water partition coefficient (Wildman–Crippen LogP) is 3.82. The van der Waals surface area contributed by atoms with Crippen molar-refractivity contribution in [3.05, 3.63) is 65.7 Å². The van der Waals surface area contributed by atoms with Gasteiger partial charge in [0.15, 0.2) is 5.96 Å². The number of aryl methyl sites for hydroxylation is 1. The summed E-state index contributed by atoms with van der Waals surface area (Å²) in [5.41, 5.74) is 2.63. The lowest BCUT2D eigenvalue weighted by atomic mass is 10.0. The van der Waals surface area contributed by atoms with E-state index in [4.69, 9.17) is 4.74 Å². The van der Waals surface area contributed by atoms with Crippen LogP contribution in [0.1, 0.15) is 24.0 Å². The number of piperidine rings is 1. The van der Waals surface area contributed by atoms with E-state index in [0.717, 1.165) is 50.7 Å². The second-order valence-corrected chi connectivity index (χ2v) is 7.34. The molecule has 0 spiro atoms. The lowest BCUT2D eigenvalue weighted by Gasteiger charge is -2.33. The molecule has 0 bridgehead atoms. The number of aliphatic imine (C=N–C) groups is 1. The van der Waals surface area contributed by atoms with Crippen LogP contribution in [0.3, 0.4) is 0 Å². The second-order valence-electron chi connectivity index (χ2n) is 7.34. The molecule has 6 heteroatoms. The smallest absolute Gasteiger partial charge is 0.191 e. The minimum atomic E-state index is 0. The molecule has 0 saturated carbocycles. The van der Waals surface area contributed by atoms with Crippen LogP contribution in [0.5, 0.6) is 5.75 Å². The zero-order valence-corrected chi connectivity index (χ0v) is 19.8. The van der Waals surface area contributed by atoms with Gasteiger partial charge in [0, 0.05) is 32.7 Å². The Morgan fingerprint density at radius 3 is 2.41 bits per heavy atom. The highest BCUT2D eigenvalue weighted by Gasteiger charge is 2.19. The third-order valence-corrected chi connectivity index (χ3v) is 5.09. The average Bonchev–Trinajstić information content (AvgIpc) is 2.73. The molecule has 0 amide bonds. The molecule has 1 saturated heterocycles. The van der Waals surface area contributed by atoms with Crippen molar-refractivity contribution in [1.82, 2.24) is 15.5 Å². The fourth-order valence-electron chi connectivity index (χ4n) is 3.44. The highest BCUT2D eigenvalue weighted by Crippen LogP contribution is 2.14. The van der Waals surface area contributed by atoms with Crippen LogP contribution < -0.4 is 15.4 Å². The van der Waals surface area contributed by atoms with E-state index in [1.165, 1.54) is 11.1 Å². The lowest BCUT2D eigenvalue weighted by molar-refractivity contribution is 0.198. The summed E-state index contributed by atoms with van der Waals surface area (Å²) in [6.07, 6.45) is 2.26. The Morgan fingerprint density at radius 1 is 1.07 bits per heavy atom. The minimum Gasteiger partial charge on any atom is -0.492 e. The summed E-state index contributed by atoms with van der Waals surface area (Å²) < 4.78 is 5.76. The van der Waals surface area contributed by atoms with E-state index in [0.29, 0.717) is 12.6 Å². The Morgan fingerprint density at radius 2 is 1.76 bits per heavy atom. The van der Waals surface area contributed by atoms with Crippen LogP contribution in [0.15, 0.2) is 59.6 Å². The van der Waals surface area contributed by atoms with Crippen molar-refractivity contribution in [2.45, 2.75) is 32.4 Å². The first kappa shape index (κ1) is 23.5. The fourth-order valence-corrected chi connectivity index (χ4v) is 3.44. The van der Waals surface area contributed by atoms with Gasteiger partial charge in [0.05, 0.1) is 6.54 Å². The molecule has 0 aliphatic carbocycles. The van der Waals surface area contributed by atoms with Crippen LogP contribution in [0.25, 0.3) is 0 Å². The van der Waals surface area contributed by atoms with Crippen molar-refractivity contribution in [3.63, 3.8) is 0 Å². The van der Waals surface area contributed by atoms with Crippen LogP contribution in [-0.2, 0) is 6.54 Å². The van der Waals surface area contributed by atoms with Crippen molar-refractivity contribution in [2.24, 2.45) is 4.99 Å². The first-order valence-electron chi connectivity index (χ1n) is 10.2. The number of hydrogen-bond donors (Lipinski definition) is 2. The molecule has 1 heterocycles. The molecule has 1 aliphatic heterocycles. The molecule has 1 fully saturated rings. The topological polar surface area (TPSA) is 48.9 Å². The number of ether oxygens (including phenoxy) is 1. The Balaban J connectivity index is 0.00000300. The number of hydrogen-bond acceptors (Lipinski definition) is 3. The Hall–Kier alpha value is -1.80. The highest BCUT2D eigenvalue weighted by molar-refractivity contribution is 14.0. The summed E-state index contributed by atoms with van der Waals surface area (Å²) in [5, 5.41) is 6.90. The monoisotopic (exact) mass is 508 g/mol. The minimum absolute atomic E-state index is 0. The molecule has 3 rings (SSSR count). The van der Waals surface area contributed by atoms with Gasteiger partial charge in [-0.05, 0) is 37.5 Å². The maximum absolute atomic E-state index is 5.76. The fraction of sp³-hybridized carbons (Fsp3) is 0.435. The van der Waals surface area contributed by atoms with Crippen molar-refractivity contribution >= 4 is 29.9 Å². The zero-order valence-electron chi connectivity index (χ0n) is 17.4. The number of nitrogens with zero attached hydrogens (tertiary/aromatic N) is 2. The highest BCUT2D eigenvalue weighted by atomic mass is 127. The SMILES string of the molecule is CN=C(NCCOc1ccc(C)cc1)NC1CCN(Cc2ccccc2)CC1.I. The van der Waals surface area contributed by atoms with E-state index in [1.54, 1.807) is 0 Å². The average molecular weight is 508 g/mol. The van der Waals surface area contributed by atoms with Gasteiger partial charge >= 0.3 is 0 Å². The normalized spacial score (nSPS) is 15.4. The summed E-state index contributed by atoms with van der Waals surface area (Å²) in [4.78, 5) is 6.88. The molecular weight excluding hydrogens is 475 g/mol. The molecule has 1 aliphatic rings. The molecule has 0 aromatic heterocycles. The summed E-state index contributed by atoms with van der Waals surface area (Å²) in [7, 11) is 1.82. The van der Waals surface area contributed by atoms with Gasteiger partial charge in [-0.1, -0.05) is 48.0 Å². The maximum atomic E-state index is 5.76. The van der Waals surface area contributed by atoms with Crippen molar-refractivity contribution in [2.75, 3.05) is 33.3 Å². The summed E-state index contributed by atoms with van der Waals surface area (Å²) in [5.74, 6) is 1.76. The molecule has 158 valence electrons.